The number of fused-ring (bicyclic) bond motifs is 2. The van der Waals surface area contributed by atoms with Crippen LogP contribution in [0.4, 0.5) is 0 Å². The lowest BCUT2D eigenvalue weighted by molar-refractivity contribution is -0.208. The summed E-state index contributed by atoms with van der Waals surface area (Å²) < 4.78 is 11.6. The fourth-order valence-corrected chi connectivity index (χ4v) is 4.03. The predicted octanol–water partition coefficient (Wildman–Crippen LogP) is 2.28. The topological polar surface area (TPSA) is 52.6 Å². The minimum Gasteiger partial charge on any atom is -0.370 e. The van der Waals surface area contributed by atoms with Gasteiger partial charge in [0.15, 0.2) is 11.4 Å². The van der Waals surface area contributed by atoms with E-state index >= 15 is 0 Å². The van der Waals surface area contributed by atoms with Crippen molar-refractivity contribution in [2.45, 2.75) is 24.5 Å². The van der Waals surface area contributed by atoms with Crippen LogP contribution in [-0.2, 0) is 24.7 Å². The van der Waals surface area contributed by atoms with E-state index in [9.17, 15) is 9.59 Å². The van der Waals surface area contributed by atoms with E-state index < -0.39 is 17.1 Å². The molecule has 4 rings (SSSR count). The number of carbonyl (C=O) groups is 2. The predicted molar refractivity (Wildman–Crippen MR) is 81.3 cm³/mol. The van der Waals surface area contributed by atoms with Gasteiger partial charge in [0, 0.05) is 26.1 Å². The van der Waals surface area contributed by atoms with Crippen LogP contribution in [0.2, 0.25) is 0 Å². The highest BCUT2D eigenvalue weighted by atomic mass is 16.6. The van der Waals surface area contributed by atoms with Gasteiger partial charge < -0.3 is 9.47 Å². The van der Waals surface area contributed by atoms with Crippen LogP contribution in [0.3, 0.4) is 0 Å². The van der Waals surface area contributed by atoms with Gasteiger partial charge in [-0.3, -0.25) is 9.59 Å². The molecule has 4 atom stereocenters. The molecular formula is C18H20O4. The Morgan fingerprint density at radius 1 is 1.18 bits per heavy atom. The summed E-state index contributed by atoms with van der Waals surface area (Å²) in [6, 6.07) is 9.40. The standard InChI is InChI=1S/C18H20O4/c1-12(19)15-11-17(21-2)10-9-14(15)16(20)18(17,22-3)13-7-5-4-6-8-13/h4-10,14-15H,11H2,1-3H3/t14-,15+,17-,18+/m0/s1. The van der Waals surface area contributed by atoms with E-state index in [2.05, 4.69) is 0 Å². The second-order valence-electron chi connectivity index (χ2n) is 6.02. The largest absolute Gasteiger partial charge is 0.370 e. The van der Waals surface area contributed by atoms with Crippen molar-refractivity contribution in [3.8, 4) is 0 Å². The molecule has 1 aromatic rings. The van der Waals surface area contributed by atoms with Crippen LogP contribution < -0.4 is 0 Å². The van der Waals surface area contributed by atoms with E-state index in [4.69, 9.17) is 9.47 Å². The van der Waals surface area contributed by atoms with Crippen LogP contribution >= 0.6 is 0 Å². The van der Waals surface area contributed by atoms with Gasteiger partial charge >= 0.3 is 0 Å². The summed E-state index contributed by atoms with van der Waals surface area (Å²) in [5.74, 6) is -0.877. The SMILES string of the molecule is CO[C@]12C=C[C@H](C(=O)[C@]1(OC)c1ccccc1)[C@@H](C(C)=O)C2. The zero-order valence-electron chi connectivity index (χ0n) is 13.0. The summed E-state index contributed by atoms with van der Waals surface area (Å²) >= 11 is 0. The zero-order valence-corrected chi connectivity index (χ0v) is 13.0. The Labute approximate surface area is 130 Å². The molecule has 4 nitrogen and oxygen atoms in total. The number of Topliss-reactive ketones (excluding diaryl/α,β-unsaturated/α-hetero) is 2. The molecule has 0 saturated heterocycles. The first-order valence-electron chi connectivity index (χ1n) is 7.42. The number of allylic oxidation sites excluding steroid dienone is 1. The van der Waals surface area contributed by atoms with Crippen molar-refractivity contribution in [1.82, 2.24) is 0 Å². The second-order valence-corrected chi connectivity index (χ2v) is 6.02. The summed E-state index contributed by atoms with van der Waals surface area (Å²) in [4.78, 5) is 25.2. The van der Waals surface area contributed by atoms with E-state index in [1.165, 1.54) is 14.0 Å². The van der Waals surface area contributed by atoms with Gasteiger partial charge in [0.05, 0.1) is 0 Å². The van der Waals surface area contributed by atoms with Crippen molar-refractivity contribution in [3.05, 3.63) is 48.0 Å². The van der Waals surface area contributed by atoms with Gasteiger partial charge in [-0.25, -0.2) is 0 Å². The second kappa shape index (κ2) is 5.14. The zero-order chi connectivity index (χ0) is 16.0. The molecule has 1 aromatic carbocycles. The molecule has 0 aliphatic heterocycles. The third-order valence-corrected chi connectivity index (χ3v) is 5.15. The summed E-state index contributed by atoms with van der Waals surface area (Å²) in [5.41, 5.74) is -1.39. The van der Waals surface area contributed by atoms with Crippen LogP contribution in [0.5, 0.6) is 0 Å². The maximum Gasteiger partial charge on any atom is 0.183 e. The van der Waals surface area contributed by atoms with Gasteiger partial charge in [0.25, 0.3) is 0 Å². The van der Waals surface area contributed by atoms with E-state index in [0.717, 1.165) is 5.56 Å². The molecule has 4 heteroatoms. The van der Waals surface area contributed by atoms with Gasteiger partial charge in [-0.2, -0.15) is 0 Å². The molecule has 116 valence electrons. The highest BCUT2D eigenvalue weighted by Gasteiger charge is 2.66. The average Bonchev–Trinajstić information content (AvgIpc) is 2.56. The minimum atomic E-state index is -1.20. The fraction of sp³-hybridized carbons (Fsp3) is 0.444. The Balaban J connectivity index is 2.23. The van der Waals surface area contributed by atoms with Crippen molar-refractivity contribution in [2.24, 2.45) is 11.8 Å². The maximum absolute atomic E-state index is 13.2. The molecule has 2 bridgehead atoms. The molecule has 3 aliphatic carbocycles. The molecule has 0 N–H and O–H groups in total. The first-order valence-corrected chi connectivity index (χ1v) is 7.42. The number of carbonyl (C=O) groups excluding carboxylic acids is 2. The first-order chi connectivity index (χ1) is 10.5. The fourth-order valence-electron chi connectivity index (χ4n) is 4.03. The number of ether oxygens (including phenoxy) is 2. The van der Waals surface area contributed by atoms with Gasteiger partial charge in [0.2, 0.25) is 0 Å². The van der Waals surface area contributed by atoms with Crippen molar-refractivity contribution in [2.75, 3.05) is 14.2 Å². The molecule has 1 fully saturated rings. The van der Waals surface area contributed by atoms with Crippen molar-refractivity contribution < 1.29 is 19.1 Å². The Kier molecular flexibility index (Phi) is 3.54. The highest BCUT2D eigenvalue weighted by Crippen LogP contribution is 2.55. The van der Waals surface area contributed by atoms with Gasteiger partial charge in [-0.15, -0.1) is 0 Å². The number of hydrogen-bond acceptors (Lipinski definition) is 4. The maximum atomic E-state index is 13.2. The average molecular weight is 300 g/mol. The molecule has 0 unspecified atom stereocenters. The molecule has 0 heterocycles. The summed E-state index contributed by atoms with van der Waals surface area (Å²) in [7, 11) is 3.10. The summed E-state index contributed by atoms with van der Waals surface area (Å²) in [6.07, 6.45) is 4.16. The number of ketones is 2. The Hall–Kier alpha value is -1.78. The third-order valence-electron chi connectivity index (χ3n) is 5.15. The number of benzene rings is 1. The normalized spacial score (nSPS) is 36.6. The number of hydrogen-bond donors (Lipinski definition) is 0. The van der Waals surface area contributed by atoms with E-state index in [0.29, 0.717) is 6.42 Å². The molecule has 3 aliphatic rings. The Morgan fingerprint density at radius 2 is 1.86 bits per heavy atom. The van der Waals surface area contributed by atoms with E-state index in [-0.39, 0.29) is 17.5 Å². The monoisotopic (exact) mass is 300 g/mol. The van der Waals surface area contributed by atoms with Crippen LogP contribution in [0.25, 0.3) is 0 Å². The highest BCUT2D eigenvalue weighted by molar-refractivity contribution is 6.00. The van der Waals surface area contributed by atoms with Crippen molar-refractivity contribution in [3.63, 3.8) is 0 Å². The quantitative estimate of drug-likeness (QED) is 0.801. The molecule has 0 amide bonds. The molecular weight excluding hydrogens is 280 g/mol. The third kappa shape index (κ3) is 1.71. The molecule has 0 aromatic heterocycles. The minimum absolute atomic E-state index is 0.0156. The van der Waals surface area contributed by atoms with Gasteiger partial charge in [0.1, 0.15) is 11.4 Å². The summed E-state index contributed by atoms with van der Waals surface area (Å²) in [6.45, 7) is 1.53. The van der Waals surface area contributed by atoms with Crippen molar-refractivity contribution in [1.29, 1.82) is 0 Å². The Morgan fingerprint density at radius 3 is 2.41 bits per heavy atom. The van der Waals surface area contributed by atoms with E-state index in [1.54, 1.807) is 7.11 Å². The Bertz CT molecular complexity index is 636. The first kappa shape index (κ1) is 15.1. The molecule has 0 radical (unpaired) electrons. The number of methoxy groups -OCH3 is 2. The van der Waals surface area contributed by atoms with Crippen LogP contribution in [0, 0.1) is 11.8 Å². The lowest BCUT2D eigenvalue weighted by atomic mass is 9.55. The van der Waals surface area contributed by atoms with Crippen LogP contribution in [0.15, 0.2) is 42.5 Å². The van der Waals surface area contributed by atoms with Crippen molar-refractivity contribution >= 4 is 11.6 Å². The molecule has 22 heavy (non-hydrogen) atoms. The van der Waals surface area contributed by atoms with Gasteiger partial charge in [-0.05, 0) is 18.9 Å². The molecule has 0 spiro atoms. The van der Waals surface area contributed by atoms with Crippen LogP contribution in [-0.4, -0.2) is 31.4 Å². The smallest absolute Gasteiger partial charge is 0.183 e. The number of rotatable bonds is 4. The lowest BCUT2D eigenvalue weighted by Crippen LogP contribution is -2.67. The van der Waals surface area contributed by atoms with E-state index in [1.807, 2.05) is 42.5 Å². The lowest BCUT2D eigenvalue weighted by Gasteiger charge is -2.55. The molecule has 1 saturated carbocycles. The summed E-state index contributed by atoms with van der Waals surface area (Å²) in [5, 5.41) is 0. The van der Waals surface area contributed by atoms with Crippen LogP contribution in [0.1, 0.15) is 18.9 Å². The van der Waals surface area contributed by atoms with Gasteiger partial charge in [-0.1, -0.05) is 42.5 Å².